The van der Waals surface area contributed by atoms with Gasteiger partial charge in [0.1, 0.15) is 5.54 Å². The van der Waals surface area contributed by atoms with E-state index >= 15 is 0 Å². The Labute approximate surface area is 96.9 Å². The molecule has 1 N–H and O–H groups in total. The summed E-state index contributed by atoms with van der Waals surface area (Å²) in [6.45, 7) is 3.62. The lowest BCUT2D eigenvalue weighted by atomic mass is 9.90. The lowest BCUT2D eigenvalue weighted by Gasteiger charge is -2.34. The quantitative estimate of drug-likeness (QED) is 0.701. The summed E-state index contributed by atoms with van der Waals surface area (Å²) >= 11 is 0. The molecule has 1 fully saturated rings. The van der Waals surface area contributed by atoms with Crippen molar-refractivity contribution in [2.75, 3.05) is 13.1 Å². The second-order valence-corrected chi connectivity index (χ2v) is 4.44. The molecule has 1 heterocycles. The molecule has 0 aliphatic carbocycles. The van der Waals surface area contributed by atoms with Crippen LogP contribution in [-0.2, 0) is 4.79 Å². The van der Waals surface area contributed by atoms with E-state index in [2.05, 4.69) is 11.0 Å². The lowest BCUT2D eigenvalue weighted by Crippen LogP contribution is -2.50. The Balaban J connectivity index is 2.66. The van der Waals surface area contributed by atoms with Crippen LogP contribution in [0.1, 0.15) is 45.4 Å². The first kappa shape index (κ1) is 13.0. The molecular formula is C12H20N2O2. The van der Waals surface area contributed by atoms with Gasteiger partial charge in [-0.05, 0) is 32.2 Å². The van der Waals surface area contributed by atoms with Gasteiger partial charge in [-0.3, -0.25) is 9.69 Å². The van der Waals surface area contributed by atoms with E-state index in [1.54, 1.807) is 0 Å². The molecule has 0 aromatic rings. The van der Waals surface area contributed by atoms with Crippen LogP contribution < -0.4 is 0 Å². The monoisotopic (exact) mass is 224 g/mol. The SMILES string of the molecule is CCCC1(C(=O)O)CCCN1CCCC#N. The molecular weight excluding hydrogens is 204 g/mol. The second-order valence-electron chi connectivity index (χ2n) is 4.44. The number of nitrogens with zero attached hydrogens (tertiary/aromatic N) is 2. The van der Waals surface area contributed by atoms with E-state index in [4.69, 9.17) is 5.26 Å². The molecule has 90 valence electrons. The van der Waals surface area contributed by atoms with E-state index in [0.29, 0.717) is 6.42 Å². The predicted octanol–water partition coefficient (Wildman–Crippen LogP) is 2.01. The van der Waals surface area contributed by atoms with Crippen molar-refractivity contribution in [3.8, 4) is 6.07 Å². The summed E-state index contributed by atoms with van der Waals surface area (Å²) in [5.41, 5.74) is -0.649. The van der Waals surface area contributed by atoms with Gasteiger partial charge in [-0.25, -0.2) is 0 Å². The number of carboxylic acid groups (broad SMARTS) is 1. The molecule has 1 saturated heterocycles. The van der Waals surface area contributed by atoms with E-state index in [0.717, 1.165) is 45.2 Å². The first-order valence-electron chi connectivity index (χ1n) is 6.03. The number of rotatable bonds is 6. The summed E-state index contributed by atoms with van der Waals surface area (Å²) in [7, 11) is 0. The number of hydrogen-bond acceptors (Lipinski definition) is 3. The van der Waals surface area contributed by atoms with Gasteiger partial charge in [0.05, 0.1) is 6.07 Å². The van der Waals surface area contributed by atoms with Crippen LogP contribution >= 0.6 is 0 Å². The first-order chi connectivity index (χ1) is 7.67. The summed E-state index contributed by atoms with van der Waals surface area (Å²) in [5.74, 6) is -0.691. The van der Waals surface area contributed by atoms with Gasteiger partial charge >= 0.3 is 5.97 Å². The highest BCUT2D eigenvalue weighted by Gasteiger charge is 2.46. The minimum Gasteiger partial charge on any atom is -0.480 e. The highest BCUT2D eigenvalue weighted by molar-refractivity contribution is 5.79. The Kier molecular flexibility index (Phi) is 4.75. The summed E-state index contributed by atoms with van der Waals surface area (Å²) in [5, 5.41) is 17.9. The van der Waals surface area contributed by atoms with Crippen LogP contribution in [0.4, 0.5) is 0 Å². The van der Waals surface area contributed by atoms with E-state index in [1.165, 1.54) is 0 Å². The standard InChI is InChI=1S/C12H20N2O2/c1-2-6-12(11(15)16)7-5-10-14(12)9-4-3-8-13/h2-7,9-10H2,1H3,(H,15,16). The van der Waals surface area contributed by atoms with Gasteiger partial charge in [0, 0.05) is 13.0 Å². The minimum absolute atomic E-state index is 0.512. The molecule has 4 heteroatoms. The van der Waals surface area contributed by atoms with Crippen LogP contribution in [-0.4, -0.2) is 34.6 Å². The molecule has 1 rings (SSSR count). The maximum absolute atomic E-state index is 11.4. The topological polar surface area (TPSA) is 64.3 Å². The summed E-state index contributed by atoms with van der Waals surface area (Å²) in [6, 6.07) is 2.11. The van der Waals surface area contributed by atoms with Crippen LogP contribution in [0.15, 0.2) is 0 Å². The number of hydrogen-bond donors (Lipinski definition) is 1. The van der Waals surface area contributed by atoms with Gasteiger partial charge in [-0.2, -0.15) is 5.26 Å². The Bertz CT molecular complexity index is 285. The van der Waals surface area contributed by atoms with Crippen LogP contribution in [0.2, 0.25) is 0 Å². The molecule has 0 saturated carbocycles. The fraction of sp³-hybridized carbons (Fsp3) is 0.833. The van der Waals surface area contributed by atoms with Crippen LogP contribution in [0, 0.1) is 11.3 Å². The van der Waals surface area contributed by atoms with Crippen molar-refractivity contribution in [1.29, 1.82) is 5.26 Å². The molecule has 1 atom stereocenters. The third-order valence-electron chi connectivity index (χ3n) is 3.40. The zero-order valence-corrected chi connectivity index (χ0v) is 9.91. The second kappa shape index (κ2) is 5.86. The largest absolute Gasteiger partial charge is 0.480 e. The molecule has 4 nitrogen and oxygen atoms in total. The molecule has 1 aliphatic rings. The van der Waals surface area contributed by atoms with Crippen molar-refractivity contribution >= 4 is 5.97 Å². The van der Waals surface area contributed by atoms with Crippen molar-refractivity contribution in [1.82, 2.24) is 4.90 Å². The highest BCUT2D eigenvalue weighted by Crippen LogP contribution is 2.34. The molecule has 0 amide bonds. The third-order valence-corrected chi connectivity index (χ3v) is 3.40. The van der Waals surface area contributed by atoms with Crippen molar-refractivity contribution in [2.24, 2.45) is 0 Å². The van der Waals surface area contributed by atoms with Gasteiger partial charge in [-0.15, -0.1) is 0 Å². The molecule has 16 heavy (non-hydrogen) atoms. The highest BCUT2D eigenvalue weighted by atomic mass is 16.4. The smallest absolute Gasteiger partial charge is 0.324 e. The Morgan fingerprint density at radius 3 is 2.94 bits per heavy atom. The number of aliphatic carboxylic acids is 1. The molecule has 0 aromatic carbocycles. The number of nitriles is 1. The Hall–Kier alpha value is -1.08. The molecule has 0 aromatic heterocycles. The van der Waals surface area contributed by atoms with Crippen molar-refractivity contribution in [3.63, 3.8) is 0 Å². The van der Waals surface area contributed by atoms with Crippen LogP contribution in [0.5, 0.6) is 0 Å². The average molecular weight is 224 g/mol. The average Bonchev–Trinajstić information content (AvgIpc) is 2.64. The van der Waals surface area contributed by atoms with E-state index < -0.39 is 11.5 Å². The zero-order valence-electron chi connectivity index (χ0n) is 9.91. The van der Waals surface area contributed by atoms with Crippen molar-refractivity contribution in [3.05, 3.63) is 0 Å². The Morgan fingerprint density at radius 1 is 1.62 bits per heavy atom. The number of unbranched alkanes of at least 4 members (excludes halogenated alkanes) is 1. The summed E-state index contributed by atoms with van der Waals surface area (Å²) < 4.78 is 0. The lowest BCUT2D eigenvalue weighted by molar-refractivity contribution is -0.150. The van der Waals surface area contributed by atoms with Crippen molar-refractivity contribution in [2.45, 2.75) is 51.0 Å². The molecule has 0 radical (unpaired) electrons. The van der Waals surface area contributed by atoms with E-state index in [9.17, 15) is 9.90 Å². The molecule has 1 unspecified atom stereocenters. The summed E-state index contributed by atoms with van der Waals surface area (Å²) in [4.78, 5) is 13.5. The normalized spacial score (nSPS) is 25.5. The van der Waals surface area contributed by atoms with E-state index in [-0.39, 0.29) is 0 Å². The zero-order chi connectivity index (χ0) is 12.0. The molecule has 0 spiro atoms. The van der Waals surface area contributed by atoms with Gasteiger partial charge in [0.25, 0.3) is 0 Å². The first-order valence-corrected chi connectivity index (χ1v) is 6.03. The predicted molar refractivity (Wildman–Crippen MR) is 60.9 cm³/mol. The van der Waals surface area contributed by atoms with Gasteiger partial charge in [0.15, 0.2) is 0 Å². The van der Waals surface area contributed by atoms with Crippen molar-refractivity contribution < 1.29 is 9.90 Å². The van der Waals surface area contributed by atoms with E-state index in [1.807, 2.05) is 6.92 Å². The fourth-order valence-electron chi connectivity index (χ4n) is 2.66. The Morgan fingerprint density at radius 2 is 2.38 bits per heavy atom. The fourth-order valence-corrected chi connectivity index (χ4v) is 2.66. The van der Waals surface area contributed by atoms with Crippen LogP contribution in [0.3, 0.4) is 0 Å². The van der Waals surface area contributed by atoms with Gasteiger partial charge in [0.2, 0.25) is 0 Å². The number of likely N-dealkylation sites (tertiary alicyclic amines) is 1. The maximum Gasteiger partial charge on any atom is 0.324 e. The summed E-state index contributed by atoms with van der Waals surface area (Å²) in [6.07, 6.45) is 4.60. The van der Waals surface area contributed by atoms with Crippen LogP contribution in [0.25, 0.3) is 0 Å². The maximum atomic E-state index is 11.4. The number of carbonyl (C=O) groups is 1. The molecule has 1 aliphatic heterocycles. The number of carboxylic acids is 1. The minimum atomic E-state index is -0.691. The third kappa shape index (κ3) is 2.53. The molecule has 0 bridgehead atoms. The van der Waals surface area contributed by atoms with Gasteiger partial charge in [-0.1, -0.05) is 13.3 Å². The van der Waals surface area contributed by atoms with Gasteiger partial charge < -0.3 is 5.11 Å².